The molecule has 0 amide bonds. The highest BCUT2D eigenvalue weighted by atomic mass is 16.5. The van der Waals surface area contributed by atoms with Crippen LogP contribution in [0.2, 0.25) is 0 Å². The summed E-state index contributed by atoms with van der Waals surface area (Å²) in [7, 11) is 0. The van der Waals surface area contributed by atoms with Crippen molar-refractivity contribution in [3.63, 3.8) is 0 Å². The molecule has 2 aliphatic rings. The van der Waals surface area contributed by atoms with Crippen molar-refractivity contribution < 1.29 is 9.47 Å². The molecule has 9 aromatic rings. The first-order valence-electron chi connectivity index (χ1n) is 19.4. The van der Waals surface area contributed by atoms with Crippen molar-refractivity contribution in [2.45, 2.75) is 52.4 Å². The zero-order valence-electron chi connectivity index (χ0n) is 32.1. The molecule has 0 saturated heterocycles. The Bertz CT molecular complexity index is 2980. The van der Waals surface area contributed by atoms with Gasteiger partial charge in [-0.15, -0.1) is 0 Å². The molecule has 55 heavy (non-hydrogen) atoms. The predicted molar refractivity (Wildman–Crippen MR) is 230 cm³/mol. The highest BCUT2D eigenvalue weighted by Crippen LogP contribution is 2.44. The fourth-order valence-electron chi connectivity index (χ4n) is 9.17. The Kier molecular flexibility index (Phi) is 6.55. The van der Waals surface area contributed by atoms with Crippen LogP contribution in [-0.2, 0) is 10.8 Å². The number of aromatic nitrogens is 2. The summed E-state index contributed by atoms with van der Waals surface area (Å²) < 4.78 is 18.9. The van der Waals surface area contributed by atoms with Crippen molar-refractivity contribution in [3.05, 3.63) is 151 Å². The zero-order chi connectivity index (χ0) is 37.4. The monoisotopic (exact) mass is 712 g/mol. The topological polar surface area (TPSA) is 28.3 Å². The largest absolute Gasteiger partial charge is 0.458 e. The molecule has 266 valence electrons. The summed E-state index contributed by atoms with van der Waals surface area (Å²) in [4.78, 5) is 0. The second-order valence-corrected chi connectivity index (χ2v) is 17.4. The molecule has 0 spiro atoms. The summed E-state index contributed by atoms with van der Waals surface area (Å²) in [6, 6.07) is 50.9. The fraction of sp³-hybridized carbons (Fsp3) is 0.160. The van der Waals surface area contributed by atoms with E-state index in [0.717, 1.165) is 50.9 Å². The van der Waals surface area contributed by atoms with Crippen molar-refractivity contribution in [1.29, 1.82) is 0 Å². The van der Waals surface area contributed by atoms with Gasteiger partial charge in [-0.25, -0.2) is 0 Å². The van der Waals surface area contributed by atoms with E-state index in [1.165, 1.54) is 54.6 Å². The van der Waals surface area contributed by atoms with Crippen LogP contribution in [0.3, 0.4) is 0 Å². The second-order valence-electron chi connectivity index (χ2n) is 17.4. The third-order valence-corrected chi connectivity index (χ3v) is 11.9. The number of para-hydroxylation sites is 3. The van der Waals surface area contributed by atoms with Crippen molar-refractivity contribution in [3.8, 4) is 34.4 Å². The molecule has 4 nitrogen and oxygen atoms in total. The molecule has 4 heterocycles. The van der Waals surface area contributed by atoms with Crippen LogP contribution in [-0.4, -0.2) is 15.8 Å². The van der Waals surface area contributed by atoms with E-state index in [-0.39, 0.29) is 17.5 Å². The van der Waals surface area contributed by atoms with Gasteiger partial charge >= 0.3 is 0 Å². The number of hydrogen-bond donors (Lipinski definition) is 0. The quantitative estimate of drug-likeness (QED) is 0.167. The average Bonchev–Trinajstić information content (AvgIpc) is 3.70. The number of hydrogen-bond acceptors (Lipinski definition) is 2. The Morgan fingerprint density at radius 2 is 0.873 bits per heavy atom. The van der Waals surface area contributed by atoms with Crippen LogP contribution in [0.5, 0.6) is 23.0 Å². The normalized spacial score (nSPS) is 13.5. The van der Waals surface area contributed by atoms with Crippen molar-refractivity contribution in [2.75, 3.05) is 0 Å². The van der Waals surface area contributed by atoms with Crippen LogP contribution in [0.15, 0.2) is 140 Å². The number of nitrogens with zero attached hydrogens (tertiary/aromatic N) is 2. The maximum atomic E-state index is 7.00. The lowest BCUT2D eigenvalue weighted by molar-refractivity contribution is 0.463. The molecule has 0 N–H and O–H groups in total. The van der Waals surface area contributed by atoms with E-state index in [9.17, 15) is 0 Å². The molecule has 2 aromatic heterocycles. The van der Waals surface area contributed by atoms with E-state index < -0.39 is 0 Å². The third-order valence-electron chi connectivity index (χ3n) is 11.9. The van der Waals surface area contributed by atoms with Gasteiger partial charge in [-0.2, -0.15) is 0 Å². The molecule has 2 aliphatic heterocycles. The average molecular weight is 713 g/mol. The Morgan fingerprint density at radius 3 is 1.36 bits per heavy atom. The van der Waals surface area contributed by atoms with Crippen LogP contribution in [0, 0.1) is 0 Å². The van der Waals surface area contributed by atoms with Gasteiger partial charge in [0.1, 0.15) is 23.0 Å². The summed E-state index contributed by atoms with van der Waals surface area (Å²) in [5, 5.41) is 4.85. The second kappa shape index (κ2) is 11.2. The van der Waals surface area contributed by atoms with Gasteiger partial charge < -0.3 is 18.6 Å². The van der Waals surface area contributed by atoms with E-state index >= 15 is 0 Å². The van der Waals surface area contributed by atoms with Gasteiger partial charge in [0.2, 0.25) is 0 Å². The maximum absolute atomic E-state index is 7.00. The van der Waals surface area contributed by atoms with E-state index in [2.05, 4.69) is 190 Å². The van der Waals surface area contributed by atoms with Gasteiger partial charge in [0, 0.05) is 44.8 Å². The van der Waals surface area contributed by atoms with Crippen molar-refractivity contribution >= 4 is 66.7 Å². The zero-order valence-corrected chi connectivity index (χ0v) is 32.1. The number of rotatable bonds is 2. The highest BCUT2D eigenvalue weighted by molar-refractivity contribution is 6.98. The molecule has 0 bridgehead atoms. The molecule has 5 heteroatoms. The van der Waals surface area contributed by atoms with Gasteiger partial charge in [-0.1, -0.05) is 133 Å². The van der Waals surface area contributed by atoms with E-state index in [0.29, 0.717) is 0 Å². The first-order chi connectivity index (χ1) is 26.5. The summed E-state index contributed by atoms with van der Waals surface area (Å²) in [5.41, 5.74) is 12.8. The molecule has 0 atom stereocenters. The van der Waals surface area contributed by atoms with Crippen molar-refractivity contribution in [2.24, 2.45) is 0 Å². The van der Waals surface area contributed by atoms with Gasteiger partial charge in [-0.3, -0.25) is 0 Å². The Morgan fingerprint density at radius 1 is 0.418 bits per heavy atom. The lowest BCUT2D eigenvalue weighted by atomic mass is 9.34. The predicted octanol–water partition coefficient (Wildman–Crippen LogP) is 11.2. The molecule has 11 rings (SSSR count). The van der Waals surface area contributed by atoms with Crippen LogP contribution >= 0.6 is 0 Å². The minimum absolute atomic E-state index is 0.00661. The SMILES string of the molecule is CC(C)(C)c1ccc2c(c1)B1c3cc(C(C)(C)C)ccc3Oc3cc(-n4c5ccccc5c5ccc6c7ccccc7n(-c7ccccc7)c6c54)cc(c31)O2. The highest BCUT2D eigenvalue weighted by Gasteiger charge is 2.42. The first kappa shape index (κ1) is 32.3. The summed E-state index contributed by atoms with van der Waals surface area (Å²) in [5.74, 6) is 3.47. The van der Waals surface area contributed by atoms with Crippen LogP contribution < -0.4 is 25.9 Å². The van der Waals surface area contributed by atoms with Crippen LogP contribution in [0.25, 0.3) is 55.0 Å². The third kappa shape index (κ3) is 4.65. The van der Waals surface area contributed by atoms with Gasteiger partial charge in [0.15, 0.2) is 0 Å². The molecule has 0 unspecified atom stereocenters. The summed E-state index contributed by atoms with van der Waals surface area (Å²) >= 11 is 0. The lowest BCUT2D eigenvalue weighted by Crippen LogP contribution is -2.57. The Balaban J connectivity index is 1.23. The molecule has 0 fully saturated rings. The minimum Gasteiger partial charge on any atom is -0.458 e. The van der Waals surface area contributed by atoms with Crippen LogP contribution in [0.4, 0.5) is 0 Å². The van der Waals surface area contributed by atoms with Crippen LogP contribution in [0.1, 0.15) is 52.7 Å². The fourth-order valence-corrected chi connectivity index (χ4v) is 9.17. The molecular weight excluding hydrogens is 671 g/mol. The first-order valence-corrected chi connectivity index (χ1v) is 19.4. The molecule has 0 aliphatic carbocycles. The van der Waals surface area contributed by atoms with E-state index in [1.54, 1.807) is 0 Å². The molecule has 7 aromatic carbocycles. The summed E-state index contributed by atoms with van der Waals surface area (Å²) in [6.07, 6.45) is 0. The number of ether oxygens (including phenoxy) is 2. The Hall–Kier alpha value is -6.20. The van der Waals surface area contributed by atoms with E-state index in [1.807, 2.05) is 0 Å². The molecule has 0 radical (unpaired) electrons. The van der Waals surface area contributed by atoms with Crippen molar-refractivity contribution in [1.82, 2.24) is 9.13 Å². The van der Waals surface area contributed by atoms with E-state index in [4.69, 9.17) is 9.47 Å². The molecular formula is C50H41BN2O2. The lowest BCUT2D eigenvalue weighted by Gasteiger charge is -2.35. The van der Waals surface area contributed by atoms with Gasteiger partial charge in [-0.05, 0) is 69.3 Å². The Labute approximate surface area is 321 Å². The number of fused-ring (bicyclic) bond motifs is 11. The maximum Gasteiger partial charge on any atom is 0.260 e. The minimum atomic E-state index is -0.0263. The molecule has 0 saturated carbocycles. The standard InChI is InChI=1S/C50H41BN2O2/c1-49(2,3)30-20-24-42-38(26-30)51-39-27-31(50(4,5)6)21-25-43(39)55-45-29-33(28-44(54-42)46(45)51)53-41-19-13-11-17-35(41)37-23-22-36-34-16-10-12-18-40(34)52(47(36)48(37)53)32-14-8-7-9-15-32/h7-29H,1-6H3. The van der Waals surface area contributed by atoms with Gasteiger partial charge in [0.05, 0.1) is 27.8 Å². The smallest absolute Gasteiger partial charge is 0.260 e. The summed E-state index contributed by atoms with van der Waals surface area (Å²) in [6.45, 7) is 13.6. The van der Waals surface area contributed by atoms with Gasteiger partial charge in [0.25, 0.3) is 6.71 Å². The number of benzene rings is 7.